The molecule has 0 spiro atoms. The van der Waals surface area contributed by atoms with Gasteiger partial charge in [0.2, 0.25) is 0 Å². The minimum absolute atomic E-state index is 0.447. The van der Waals surface area contributed by atoms with Gasteiger partial charge in [-0.15, -0.1) is 0 Å². The van der Waals surface area contributed by atoms with Gasteiger partial charge in [-0.3, -0.25) is 0 Å². The van der Waals surface area contributed by atoms with Gasteiger partial charge in [0, 0.05) is 58.9 Å². The van der Waals surface area contributed by atoms with Crippen LogP contribution in [0.4, 0.5) is 0 Å². The minimum Gasteiger partial charge on any atom is -0.0587 e. The molecule has 0 saturated heterocycles. The van der Waals surface area contributed by atoms with E-state index in [4.69, 9.17) is 0 Å². The Morgan fingerprint density at radius 2 is 1.26 bits per heavy atom. The van der Waals surface area contributed by atoms with E-state index < -0.39 is 0 Å². The third kappa shape index (κ3) is 5.68. The molecule has 0 aromatic heterocycles. The Hall–Kier alpha value is -4.16. The molecule has 2 aromatic carbocycles. The van der Waals surface area contributed by atoms with E-state index in [1.165, 1.54) is 100 Å². The number of fused-ring (bicyclic) bond motifs is 3. The Kier molecular flexibility index (Phi) is 8.45. The van der Waals surface area contributed by atoms with Crippen molar-refractivity contribution in [2.75, 3.05) is 0 Å². The molecule has 46 heavy (non-hydrogen) atoms. The predicted molar refractivity (Wildman–Crippen MR) is 203 cm³/mol. The first-order chi connectivity index (χ1) is 21.8. The van der Waals surface area contributed by atoms with Crippen molar-refractivity contribution in [3.05, 3.63) is 146 Å². The maximum absolute atomic E-state index is 2.45. The average molecular weight is 603 g/mol. The summed E-state index contributed by atoms with van der Waals surface area (Å²) in [5.41, 5.74) is 24.2. The van der Waals surface area contributed by atoms with Crippen molar-refractivity contribution in [1.29, 1.82) is 0 Å². The van der Waals surface area contributed by atoms with E-state index in [9.17, 15) is 0 Å². The van der Waals surface area contributed by atoms with Gasteiger partial charge in [-0.2, -0.15) is 0 Å². The second kappa shape index (κ2) is 12.2. The zero-order valence-corrected chi connectivity index (χ0v) is 29.8. The molecule has 0 atom stereocenters. The number of aryl methyl sites for hydroxylation is 4. The third-order valence-corrected chi connectivity index (χ3v) is 10.2. The van der Waals surface area contributed by atoms with Gasteiger partial charge in [0.15, 0.2) is 0 Å². The molecular formula is C46H50+2. The van der Waals surface area contributed by atoms with Crippen LogP contribution in [0.1, 0.15) is 133 Å². The zero-order chi connectivity index (χ0) is 33.0. The van der Waals surface area contributed by atoms with Crippen molar-refractivity contribution in [2.24, 2.45) is 0 Å². The summed E-state index contributed by atoms with van der Waals surface area (Å²) in [5, 5.41) is 0. The molecule has 0 amide bonds. The maximum Gasteiger partial charge on any atom is 0.0887 e. The lowest BCUT2D eigenvalue weighted by Crippen LogP contribution is -1.88. The normalized spacial score (nSPS) is 15.8. The molecule has 0 N–H and O–H groups in total. The highest BCUT2D eigenvalue weighted by Gasteiger charge is 2.31. The highest BCUT2D eigenvalue weighted by atomic mass is 14.3. The van der Waals surface area contributed by atoms with Crippen LogP contribution in [-0.2, 0) is 0 Å². The Balaban J connectivity index is 1.59. The summed E-state index contributed by atoms with van der Waals surface area (Å²) in [5.74, 6) is 1.43. The van der Waals surface area contributed by atoms with Gasteiger partial charge in [0.1, 0.15) is 0 Å². The number of hydrogen-bond donors (Lipinski definition) is 0. The molecule has 0 heteroatoms. The van der Waals surface area contributed by atoms with Gasteiger partial charge in [-0.1, -0.05) is 52.0 Å². The topological polar surface area (TPSA) is 0 Å². The molecule has 2 aromatic rings. The molecule has 4 aliphatic rings. The van der Waals surface area contributed by atoms with Crippen LogP contribution in [0.5, 0.6) is 0 Å². The summed E-state index contributed by atoms with van der Waals surface area (Å²) in [4.78, 5) is 0. The molecule has 0 unspecified atom stereocenters. The minimum atomic E-state index is 0.447. The average Bonchev–Trinajstić information content (AvgIpc) is 3.40. The lowest BCUT2D eigenvalue weighted by Gasteiger charge is -2.04. The summed E-state index contributed by atoms with van der Waals surface area (Å²) in [6, 6.07) is 23.6. The summed E-state index contributed by atoms with van der Waals surface area (Å²) in [7, 11) is 0. The predicted octanol–water partition coefficient (Wildman–Crippen LogP) is 13.4. The van der Waals surface area contributed by atoms with Crippen molar-refractivity contribution in [3.8, 4) is 11.1 Å². The van der Waals surface area contributed by atoms with Crippen molar-refractivity contribution in [2.45, 2.75) is 93.9 Å². The molecule has 4 aliphatic carbocycles. The van der Waals surface area contributed by atoms with Crippen molar-refractivity contribution in [3.63, 3.8) is 0 Å². The molecule has 0 aliphatic heterocycles. The quantitative estimate of drug-likeness (QED) is 0.199. The van der Waals surface area contributed by atoms with Crippen LogP contribution < -0.4 is 0 Å². The van der Waals surface area contributed by atoms with Gasteiger partial charge >= 0.3 is 0 Å². The fourth-order valence-electron chi connectivity index (χ4n) is 7.37. The van der Waals surface area contributed by atoms with E-state index in [2.05, 4.69) is 161 Å². The van der Waals surface area contributed by atoms with E-state index in [0.29, 0.717) is 17.8 Å². The maximum atomic E-state index is 2.45. The summed E-state index contributed by atoms with van der Waals surface area (Å²) in [6.07, 6.45) is 9.75. The highest BCUT2D eigenvalue weighted by Crippen LogP contribution is 2.45. The van der Waals surface area contributed by atoms with Gasteiger partial charge in [-0.05, 0) is 118 Å². The molecule has 232 valence electrons. The largest absolute Gasteiger partial charge is 0.0887 e. The van der Waals surface area contributed by atoms with E-state index in [1.807, 2.05) is 0 Å². The first-order valence-electron chi connectivity index (χ1n) is 17.2. The molecule has 0 nitrogen and oxygen atoms in total. The van der Waals surface area contributed by atoms with Crippen LogP contribution in [0, 0.1) is 27.7 Å². The van der Waals surface area contributed by atoms with Crippen LogP contribution in [0.3, 0.4) is 0 Å². The van der Waals surface area contributed by atoms with Crippen LogP contribution in [0.25, 0.3) is 39.5 Å². The molecule has 6 rings (SSSR count). The van der Waals surface area contributed by atoms with Gasteiger partial charge in [0.25, 0.3) is 0 Å². The van der Waals surface area contributed by atoms with Gasteiger partial charge in [0.05, 0.1) is 50.6 Å². The van der Waals surface area contributed by atoms with Gasteiger partial charge in [-0.25, -0.2) is 0 Å². The van der Waals surface area contributed by atoms with Crippen molar-refractivity contribution in [1.82, 2.24) is 0 Å². The van der Waals surface area contributed by atoms with Crippen molar-refractivity contribution >= 4 is 28.4 Å². The van der Waals surface area contributed by atoms with E-state index in [-0.39, 0.29) is 0 Å². The van der Waals surface area contributed by atoms with E-state index in [1.54, 1.807) is 0 Å². The molecule has 0 heterocycles. The van der Waals surface area contributed by atoms with E-state index >= 15 is 0 Å². The Bertz CT molecular complexity index is 1990. The lowest BCUT2D eigenvalue weighted by atomic mass is 9.96. The lowest BCUT2D eigenvalue weighted by molar-refractivity contribution is 0.868. The smallest absolute Gasteiger partial charge is 0.0587 e. The summed E-state index contributed by atoms with van der Waals surface area (Å²) in [6.45, 7) is 25.1. The Morgan fingerprint density at radius 1 is 0.609 bits per heavy atom. The molecular weight excluding hydrogens is 553 g/mol. The zero-order valence-electron chi connectivity index (χ0n) is 29.8. The second-order valence-electron chi connectivity index (χ2n) is 14.7. The summed E-state index contributed by atoms with van der Waals surface area (Å²) < 4.78 is 0. The standard InChI is InChI=1S/C46H50/c1-26(2)34-15-12-29(7)44-38(18-32(10)41(44)23-34)20-37-21-40(46-31(9)14-17-36(28(5)6)25-43(37)46)22-39-19-33(11)42-24-35(27(3)4)16-13-30(8)45(39)42/h12-28H,1-11H3/q+2/b38-20+,40-22+. The van der Waals surface area contributed by atoms with Crippen LogP contribution >= 0.6 is 0 Å². The first kappa shape index (κ1) is 31.8. The Labute approximate surface area is 278 Å². The van der Waals surface area contributed by atoms with Crippen molar-refractivity contribution < 1.29 is 0 Å². The van der Waals surface area contributed by atoms with E-state index in [0.717, 1.165) is 0 Å². The fraction of sp³-hybridized carbons (Fsp3) is 0.304. The second-order valence-corrected chi connectivity index (χ2v) is 14.7. The summed E-state index contributed by atoms with van der Waals surface area (Å²) >= 11 is 0. The van der Waals surface area contributed by atoms with Crippen LogP contribution in [0.2, 0.25) is 0 Å². The third-order valence-electron chi connectivity index (χ3n) is 10.2. The highest BCUT2D eigenvalue weighted by molar-refractivity contribution is 6.09. The molecule has 0 fully saturated rings. The molecule has 0 bridgehead atoms. The SMILES string of the molecule is CC1=C/C(=C\C2=CC(=C\c3cc(C)c4cc(C(C)C)ccc(C)c3-4)/c3c(C)ccc(C(C)C)c[c+]32)c2c1cc(C(C)C)c[cH+]c2C. The molecule has 0 radical (unpaired) electrons. The van der Waals surface area contributed by atoms with Crippen LogP contribution in [-0.4, -0.2) is 0 Å². The monoisotopic (exact) mass is 602 g/mol. The fourth-order valence-corrected chi connectivity index (χ4v) is 7.37. The van der Waals surface area contributed by atoms with Gasteiger partial charge < -0.3 is 0 Å². The Morgan fingerprint density at radius 3 is 1.96 bits per heavy atom. The van der Waals surface area contributed by atoms with Crippen LogP contribution in [0.15, 0.2) is 78.9 Å². The number of hydrogen-bond acceptors (Lipinski definition) is 0. The number of rotatable bonds is 5. The first-order valence-corrected chi connectivity index (χ1v) is 17.2. The number of allylic oxidation sites excluding steroid dienone is 7. The molecule has 0 saturated carbocycles.